The molecule has 0 amide bonds. The Morgan fingerprint density at radius 3 is 2.71 bits per heavy atom. The molecule has 4 rings (SSSR count). The molecule has 1 saturated heterocycles. The minimum atomic E-state index is -0.488. The van der Waals surface area contributed by atoms with Gasteiger partial charge in [-0.15, -0.1) is 0 Å². The number of nitrogens with one attached hydrogen (secondary N) is 1. The fourth-order valence-corrected chi connectivity index (χ4v) is 3.34. The van der Waals surface area contributed by atoms with Gasteiger partial charge in [0, 0.05) is 35.7 Å². The fourth-order valence-electron chi connectivity index (χ4n) is 3.12. The van der Waals surface area contributed by atoms with Gasteiger partial charge in [-0.05, 0) is 18.2 Å². The van der Waals surface area contributed by atoms with Gasteiger partial charge in [0.15, 0.2) is 0 Å². The number of ether oxygens (including phenoxy) is 1. The van der Waals surface area contributed by atoms with Gasteiger partial charge in [-0.2, -0.15) is 0 Å². The van der Waals surface area contributed by atoms with E-state index >= 15 is 0 Å². The summed E-state index contributed by atoms with van der Waals surface area (Å²) in [4.78, 5) is 18.3. The van der Waals surface area contributed by atoms with Gasteiger partial charge in [-0.25, -0.2) is 4.57 Å². The van der Waals surface area contributed by atoms with Crippen molar-refractivity contribution in [2.75, 3.05) is 31.2 Å². The first-order valence-corrected chi connectivity index (χ1v) is 8.42. The third kappa shape index (κ3) is 2.54. The fraction of sp³-hybridized carbons (Fsp3) is 0.235. The molecule has 1 aliphatic heterocycles. The minimum Gasteiger partial charge on any atom is -0.407 e. The largest absolute Gasteiger partial charge is 0.407 e. The molecule has 0 unspecified atom stereocenters. The molecular weight excluding hydrogens is 327 g/mol. The van der Waals surface area contributed by atoms with Crippen LogP contribution in [0.2, 0.25) is 0 Å². The number of hydrogen-bond acceptors (Lipinski definition) is 5. The van der Waals surface area contributed by atoms with Crippen LogP contribution < -0.4 is 14.9 Å². The first-order valence-electron chi connectivity index (χ1n) is 7.69. The van der Waals surface area contributed by atoms with E-state index in [0.29, 0.717) is 35.3 Å². The smallest absolute Gasteiger partial charge is 0.395 e. The molecule has 0 saturated carbocycles. The van der Waals surface area contributed by atoms with Gasteiger partial charge < -0.3 is 19.1 Å². The van der Waals surface area contributed by atoms with Crippen LogP contribution in [0, 0.1) is 0 Å². The summed E-state index contributed by atoms with van der Waals surface area (Å²) in [6.45, 7) is 2.83. The topological polar surface area (TPSA) is 71.6 Å². The highest BCUT2D eigenvalue weighted by Crippen LogP contribution is 2.32. The average molecular weight is 342 g/mol. The van der Waals surface area contributed by atoms with E-state index in [1.807, 2.05) is 24.3 Å². The maximum absolute atomic E-state index is 12.8. The summed E-state index contributed by atoms with van der Waals surface area (Å²) in [5.74, 6) is 0.317. The summed E-state index contributed by atoms with van der Waals surface area (Å²) in [6.07, 6.45) is 0. The molecule has 6 nitrogen and oxygen atoms in total. The summed E-state index contributed by atoms with van der Waals surface area (Å²) < 4.78 is 21.6. The molecule has 0 radical (unpaired) electrons. The van der Waals surface area contributed by atoms with Gasteiger partial charge in [-0.3, -0.25) is 4.79 Å². The summed E-state index contributed by atoms with van der Waals surface area (Å²) in [5, 5.41) is 0.991. The van der Waals surface area contributed by atoms with E-state index in [4.69, 9.17) is 9.26 Å². The molecule has 2 aromatic carbocycles. The van der Waals surface area contributed by atoms with Crippen LogP contribution in [0.25, 0.3) is 21.8 Å². The molecule has 7 heteroatoms. The molecule has 1 aliphatic rings. The molecular formula is C17H15N2O4P. The predicted molar refractivity (Wildman–Crippen MR) is 93.3 cm³/mol. The third-order valence-corrected chi connectivity index (χ3v) is 4.54. The van der Waals surface area contributed by atoms with Gasteiger partial charge in [0.2, 0.25) is 5.43 Å². The Labute approximate surface area is 139 Å². The van der Waals surface area contributed by atoms with Crippen LogP contribution in [-0.4, -0.2) is 31.3 Å². The quantitative estimate of drug-likeness (QED) is 0.585. The molecule has 1 N–H and O–H groups in total. The lowest BCUT2D eigenvalue weighted by Crippen LogP contribution is -2.36. The van der Waals surface area contributed by atoms with Crippen molar-refractivity contribution < 1.29 is 13.8 Å². The number of hydrogen-bond donors (Lipinski definition) is 1. The number of pyridine rings is 1. The molecule has 0 atom stereocenters. The predicted octanol–water partition coefficient (Wildman–Crippen LogP) is 3.10. The number of H-pyrrole nitrogens is 1. The summed E-state index contributed by atoms with van der Waals surface area (Å²) in [7, 11) is -0.488. The van der Waals surface area contributed by atoms with Crippen LogP contribution in [0.15, 0.2) is 41.2 Å². The van der Waals surface area contributed by atoms with Crippen molar-refractivity contribution in [3.63, 3.8) is 0 Å². The Balaban J connectivity index is 1.99. The average Bonchev–Trinajstić information content (AvgIpc) is 2.62. The molecule has 0 aliphatic carbocycles. The molecule has 0 bridgehead atoms. The lowest BCUT2D eigenvalue weighted by molar-refractivity contribution is 0.122. The number of aromatic amines is 1. The zero-order valence-electron chi connectivity index (χ0n) is 12.8. The van der Waals surface area contributed by atoms with Crippen molar-refractivity contribution in [1.29, 1.82) is 0 Å². The Morgan fingerprint density at radius 1 is 1.12 bits per heavy atom. The van der Waals surface area contributed by atoms with Crippen molar-refractivity contribution in [1.82, 2.24) is 4.98 Å². The Bertz CT molecular complexity index is 979. The standard InChI is InChI=1S/C17H15N2O4P/c20-17-12-3-1-2-4-13(12)18-14-9-11(19-5-7-22-8-6-19)10-15(16(14)17)23-24-21/h1-4,9-10H,5-8H2,(H,18,20). The molecule has 2 heterocycles. The maximum atomic E-state index is 12.8. The highest BCUT2D eigenvalue weighted by atomic mass is 31.1. The second-order valence-electron chi connectivity index (χ2n) is 5.63. The van der Waals surface area contributed by atoms with Crippen molar-refractivity contribution in [3.05, 3.63) is 46.6 Å². The number of nitrogens with zero attached hydrogens (tertiary/aromatic N) is 1. The number of fused-ring (bicyclic) bond motifs is 2. The Morgan fingerprint density at radius 2 is 1.92 bits per heavy atom. The van der Waals surface area contributed by atoms with Crippen molar-refractivity contribution in [2.45, 2.75) is 0 Å². The maximum Gasteiger partial charge on any atom is 0.395 e. The van der Waals surface area contributed by atoms with Gasteiger partial charge in [0.05, 0.1) is 24.1 Å². The van der Waals surface area contributed by atoms with E-state index in [1.165, 1.54) is 0 Å². The van der Waals surface area contributed by atoms with Crippen molar-refractivity contribution >= 4 is 36.2 Å². The van der Waals surface area contributed by atoms with E-state index in [0.717, 1.165) is 24.3 Å². The number of anilines is 1. The number of rotatable bonds is 3. The first-order chi connectivity index (χ1) is 11.8. The van der Waals surface area contributed by atoms with Crippen LogP contribution in [-0.2, 0) is 9.30 Å². The van der Waals surface area contributed by atoms with Gasteiger partial charge in [0.1, 0.15) is 5.75 Å². The summed E-state index contributed by atoms with van der Waals surface area (Å²) >= 11 is 0. The van der Waals surface area contributed by atoms with Crippen LogP contribution in [0.1, 0.15) is 0 Å². The normalized spacial score (nSPS) is 15.2. The zero-order valence-corrected chi connectivity index (χ0v) is 13.7. The van der Waals surface area contributed by atoms with E-state index in [9.17, 15) is 9.36 Å². The van der Waals surface area contributed by atoms with Crippen LogP contribution in [0.4, 0.5) is 5.69 Å². The van der Waals surface area contributed by atoms with Crippen LogP contribution in [0.5, 0.6) is 5.75 Å². The first kappa shape index (κ1) is 15.1. The number of aromatic nitrogens is 1. The van der Waals surface area contributed by atoms with E-state index in [-0.39, 0.29) is 5.43 Å². The third-order valence-electron chi connectivity index (χ3n) is 4.27. The SMILES string of the molecule is O=POc1cc(N2CCOCC2)cc2[nH]c3ccccc3c(=O)c12. The molecule has 24 heavy (non-hydrogen) atoms. The number of para-hydroxylation sites is 1. The molecule has 1 fully saturated rings. The minimum absolute atomic E-state index is 0.133. The highest BCUT2D eigenvalue weighted by molar-refractivity contribution is 7.17. The van der Waals surface area contributed by atoms with Crippen LogP contribution >= 0.6 is 8.69 Å². The zero-order chi connectivity index (χ0) is 16.5. The number of morpholine rings is 1. The van der Waals surface area contributed by atoms with Gasteiger partial charge in [0.25, 0.3) is 0 Å². The van der Waals surface area contributed by atoms with E-state index in [2.05, 4.69) is 9.88 Å². The molecule has 0 spiro atoms. The van der Waals surface area contributed by atoms with Gasteiger partial charge in [-0.1, -0.05) is 12.1 Å². The van der Waals surface area contributed by atoms with E-state index in [1.54, 1.807) is 12.1 Å². The van der Waals surface area contributed by atoms with Crippen molar-refractivity contribution in [2.24, 2.45) is 0 Å². The molecule has 3 aromatic rings. The lowest BCUT2D eigenvalue weighted by atomic mass is 10.1. The summed E-state index contributed by atoms with van der Waals surface area (Å²) in [5.41, 5.74) is 2.21. The Hall–Kier alpha value is -2.43. The number of benzene rings is 2. The summed E-state index contributed by atoms with van der Waals surface area (Å²) in [6, 6.07) is 11.0. The van der Waals surface area contributed by atoms with Crippen molar-refractivity contribution in [3.8, 4) is 5.75 Å². The second kappa shape index (κ2) is 6.23. The highest BCUT2D eigenvalue weighted by Gasteiger charge is 2.17. The van der Waals surface area contributed by atoms with E-state index < -0.39 is 8.69 Å². The Kier molecular flexibility index (Phi) is 3.92. The monoisotopic (exact) mass is 342 g/mol. The molecule has 1 aromatic heterocycles. The van der Waals surface area contributed by atoms with Gasteiger partial charge >= 0.3 is 8.69 Å². The van der Waals surface area contributed by atoms with Crippen LogP contribution in [0.3, 0.4) is 0 Å². The molecule has 122 valence electrons. The lowest BCUT2D eigenvalue weighted by Gasteiger charge is -2.29. The second-order valence-corrected chi connectivity index (χ2v) is 5.96.